The molecule has 0 saturated heterocycles. The summed E-state index contributed by atoms with van der Waals surface area (Å²) in [7, 11) is 0. The molecule has 0 aliphatic carbocycles. The number of hydrogen-bond donors (Lipinski definition) is 0. The van der Waals surface area contributed by atoms with Gasteiger partial charge in [0.15, 0.2) is 0 Å². The first-order valence-electron chi connectivity index (χ1n) is 6.80. The molecule has 3 rings (SSSR count). The monoisotopic (exact) mass is 316 g/mol. The van der Waals surface area contributed by atoms with Gasteiger partial charge in [0, 0.05) is 5.56 Å². The van der Waals surface area contributed by atoms with Crippen LogP contribution in [0.1, 0.15) is 16.6 Å². The molecule has 112 valence electrons. The Morgan fingerprint density at radius 3 is 2.68 bits per heavy atom. The van der Waals surface area contributed by atoms with Gasteiger partial charge in [-0.2, -0.15) is 0 Å². The van der Waals surface area contributed by atoms with Crippen LogP contribution in [0, 0.1) is 5.82 Å². The van der Waals surface area contributed by atoms with Crippen LogP contribution in [0.2, 0.25) is 0 Å². The van der Waals surface area contributed by atoms with E-state index in [-0.39, 0.29) is 11.8 Å². The first-order valence-corrected chi connectivity index (χ1v) is 7.61. The van der Waals surface area contributed by atoms with Gasteiger partial charge in [0.05, 0.1) is 17.7 Å². The van der Waals surface area contributed by atoms with Crippen LogP contribution >= 0.6 is 11.3 Å². The maximum absolute atomic E-state index is 13.1. The van der Waals surface area contributed by atoms with E-state index in [0.717, 1.165) is 16.0 Å². The van der Waals surface area contributed by atoms with Crippen LogP contribution in [0.5, 0.6) is 0 Å². The maximum Gasteiger partial charge on any atom is 0.348 e. The average Bonchev–Trinajstić information content (AvgIpc) is 3.17. The van der Waals surface area contributed by atoms with Crippen molar-refractivity contribution in [1.29, 1.82) is 0 Å². The lowest BCUT2D eigenvalue weighted by Gasteiger charge is -2.03. The van der Waals surface area contributed by atoms with Crippen LogP contribution in [0.3, 0.4) is 0 Å². The van der Waals surface area contributed by atoms with E-state index >= 15 is 0 Å². The SMILES string of the molecule is CCOC(=O)c1sc(-c2ccco2)cc1-c1ccc(F)cc1. The predicted octanol–water partition coefficient (Wildman–Crippen LogP) is 4.99. The third-order valence-corrected chi connectivity index (χ3v) is 4.24. The van der Waals surface area contributed by atoms with Crippen molar-refractivity contribution < 1.29 is 18.3 Å². The highest BCUT2D eigenvalue weighted by atomic mass is 32.1. The molecule has 5 heteroatoms. The molecule has 0 aliphatic rings. The molecule has 3 nitrogen and oxygen atoms in total. The fourth-order valence-electron chi connectivity index (χ4n) is 2.12. The summed E-state index contributed by atoms with van der Waals surface area (Å²) in [6.07, 6.45) is 1.58. The first-order chi connectivity index (χ1) is 10.7. The molecule has 0 unspecified atom stereocenters. The number of hydrogen-bond acceptors (Lipinski definition) is 4. The summed E-state index contributed by atoms with van der Waals surface area (Å²) in [6, 6.07) is 11.5. The van der Waals surface area contributed by atoms with Gasteiger partial charge in [-0.05, 0) is 42.8 Å². The molecule has 0 fully saturated rings. The highest BCUT2D eigenvalue weighted by molar-refractivity contribution is 7.17. The van der Waals surface area contributed by atoms with Crippen molar-refractivity contribution in [3.63, 3.8) is 0 Å². The lowest BCUT2D eigenvalue weighted by atomic mass is 10.1. The molecular weight excluding hydrogens is 303 g/mol. The second kappa shape index (κ2) is 6.15. The Bertz CT molecular complexity index is 773. The van der Waals surface area contributed by atoms with Gasteiger partial charge in [0.1, 0.15) is 16.5 Å². The largest absolute Gasteiger partial charge is 0.464 e. The van der Waals surface area contributed by atoms with Crippen molar-refractivity contribution in [2.24, 2.45) is 0 Å². The van der Waals surface area contributed by atoms with E-state index in [1.54, 1.807) is 31.4 Å². The number of carbonyl (C=O) groups is 1. The fraction of sp³-hybridized carbons (Fsp3) is 0.118. The number of rotatable bonds is 4. The van der Waals surface area contributed by atoms with Gasteiger partial charge in [-0.25, -0.2) is 9.18 Å². The summed E-state index contributed by atoms with van der Waals surface area (Å²) < 4.78 is 23.6. The summed E-state index contributed by atoms with van der Waals surface area (Å²) in [6.45, 7) is 2.06. The van der Waals surface area contributed by atoms with Crippen molar-refractivity contribution >= 4 is 17.3 Å². The smallest absolute Gasteiger partial charge is 0.348 e. The van der Waals surface area contributed by atoms with E-state index < -0.39 is 0 Å². The number of ether oxygens (including phenoxy) is 1. The van der Waals surface area contributed by atoms with Crippen molar-refractivity contribution in [3.05, 3.63) is 59.4 Å². The molecule has 0 atom stereocenters. The third kappa shape index (κ3) is 2.80. The Labute approximate surface area is 131 Å². The van der Waals surface area contributed by atoms with Gasteiger partial charge in [0.25, 0.3) is 0 Å². The normalized spacial score (nSPS) is 10.6. The molecule has 0 radical (unpaired) electrons. The third-order valence-electron chi connectivity index (χ3n) is 3.11. The molecule has 0 aliphatic heterocycles. The Morgan fingerprint density at radius 1 is 1.27 bits per heavy atom. The highest BCUT2D eigenvalue weighted by Crippen LogP contribution is 2.38. The quantitative estimate of drug-likeness (QED) is 0.636. The van der Waals surface area contributed by atoms with E-state index in [2.05, 4.69) is 0 Å². The fourth-order valence-corrected chi connectivity index (χ4v) is 3.17. The molecule has 1 aromatic carbocycles. The van der Waals surface area contributed by atoms with Crippen molar-refractivity contribution in [1.82, 2.24) is 0 Å². The van der Waals surface area contributed by atoms with E-state index in [1.807, 2.05) is 12.1 Å². The number of esters is 1. The molecule has 0 spiro atoms. The second-order valence-electron chi connectivity index (χ2n) is 4.56. The maximum atomic E-state index is 13.1. The molecule has 2 aromatic heterocycles. The summed E-state index contributed by atoms with van der Waals surface area (Å²) >= 11 is 1.30. The number of thiophene rings is 1. The summed E-state index contributed by atoms with van der Waals surface area (Å²) in [5, 5.41) is 0. The average molecular weight is 316 g/mol. The van der Waals surface area contributed by atoms with Crippen LogP contribution in [0.25, 0.3) is 21.8 Å². The minimum atomic E-state index is -0.385. The van der Waals surface area contributed by atoms with E-state index in [9.17, 15) is 9.18 Å². The Morgan fingerprint density at radius 2 is 2.05 bits per heavy atom. The molecular formula is C17H13FO3S. The van der Waals surface area contributed by atoms with Crippen molar-refractivity contribution in [2.75, 3.05) is 6.61 Å². The lowest BCUT2D eigenvalue weighted by Crippen LogP contribution is -2.03. The van der Waals surface area contributed by atoms with Crippen molar-refractivity contribution in [2.45, 2.75) is 6.92 Å². The molecule has 0 saturated carbocycles. The predicted molar refractivity (Wildman–Crippen MR) is 83.4 cm³/mol. The molecule has 22 heavy (non-hydrogen) atoms. The topological polar surface area (TPSA) is 39.4 Å². The summed E-state index contributed by atoms with van der Waals surface area (Å²) in [4.78, 5) is 13.5. The number of benzene rings is 1. The van der Waals surface area contributed by atoms with Crippen LogP contribution < -0.4 is 0 Å². The molecule has 0 bridgehead atoms. The zero-order valence-electron chi connectivity index (χ0n) is 11.8. The zero-order chi connectivity index (χ0) is 15.5. The van der Waals surface area contributed by atoms with Gasteiger partial charge >= 0.3 is 5.97 Å². The molecule has 0 N–H and O–H groups in total. The Kier molecular flexibility index (Phi) is 4.06. The minimum Gasteiger partial charge on any atom is -0.464 e. The summed E-state index contributed by atoms with van der Waals surface area (Å²) in [5.74, 6) is -0.0172. The van der Waals surface area contributed by atoms with Gasteiger partial charge in [-0.1, -0.05) is 12.1 Å². The molecule has 2 heterocycles. The van der Waals surface area contributed by atoms with Crippen LogP contribution in [0.4, 0.5) is 4.39 Å². The van der Waals surface area contributed by atoms with E-state index in [4.69, 9.17) is 9.15 Å². The minimum absolute atomic E-state index is 0.301. The van der Waals surface area contributed by atoms with E-state index in [0.29, 0.717) is 17.2 Å². The molecule has 0 amide bonds. The Balaban J connectivity index is 2.10. The van der Waals surface area contributed by atoms with Gasteiger partial charge in [-0.3, -0.25) is 0 Å². The number of halogens is 1. The highest BCUT2D eigenvalue weighted by Gasteiger charge is 2.20. The van der Waals surface area contributed by atoms with E-state index in [1.165, 1.54) is 23.5 Å². The number of carbonyl (C=O) groups excluding carboxylic acids is 1. The lowest BCUT2D eigenvalue weighted by molar-refractivity contribution is 0.0533. The van der Waals surface area contributed by atoms with Gasteiger partial charge < -0.3 is 9.15 Å². The zero-order valence-corrected chi connectivity index (χ0v) is 12.7. The van der Waals surface area contributed by atoms with Crippen LogP contribution in [-0.4, -0.2) is 12.6 Å². The summed E-state index contributed by atoms with van der Waals surface area (Å²) in [5.41, 5.74) is 1.48. The van der Waals surface area contributed by atoms with Crippen molar-refractivity contribution in [3.8, 4) is 21.8 Å². The number of furan rings is 1. The van der Waals surface area contributed by atoms with Crippen LogP contribution in [-0.2, 0) is 4.74 Å². The van der Waals surface area contributed by atoms with Gasteiger partial charge in [0.2, 0.25) is 0 Å². The first kappa shape index (κ1) is 14.5. The van der Waals surface area contributed by atoms with Gasteiger partial charge in [-0.15, -0.1) is 11.3 Å². The molecule has 3 aromatic rings. The Hall–Kier alpha value is -2.40. The van der Waals surface area contributed by atoms with Crippen LogP contribution in [0.15, 0.2) is 53.1 Å². The standard InChI is InChI=1S/C17H13FO3S/c1-2-20-17(19)16-13(11-5-7-12(18)8-6-11)10-15(22-16)14-4-3-9-21-14/h3-10H,2H2,1H3. The second-order valence-corrected chi connectivity index (χ2v) is 5.61.